The number of anilines is 1. The zero-order chi connectivity index (χ0) is 12.9. The van der Waals surface area contributed by atoms with Gasteiger partial charge in [0.2, 0.25) is 0 Å². The number of rotatable bonds is 1. The molecule has 0 saturated heterocycles. The topological polar surface area (TPSA) is 107 Å². The Morgan fingerprint density at radius 3 is 2.72 bits per heavy atom. The predicted octanol–water partition coefficient (Wildman–Crippen LogP) is 1.82. The number of nitrogens with two attached hydrogens (primary N) is 1. The molecule has 0 radical (unpaired) electrons. The second-order valence-corrected chi connectivity index (χ2v) is 3.80. The summed E-state index contributed by atoms with van der Waals surface area (Å²) in [6, 6.07) is 4.59. The molecule has 2 aromatic heterocycles. The van der Waals surface area contributed by atoms with Gasteiger partial charge in [0.15, 0.2) is 11.2 Å². The van der Waals surface area contributed by atoms with Crippen LogP contribution < -0.4 is 11.4 Å². The summed E-state index contributed by atoms with van der Waals surface area (Å²) < 4.78 is 10.1. The number of fused-ring (bicyclic) bond motifs is 2. The number of aromatic carboxylic acids is 1. The largest absolute Gasteiger partial charge is 0.477 e. The Morgan fingerprint density at radius 2 is 2.00 bits per heavy atom. The maximum Gasteiger partial charge on any atom is 0.351 e. The third-order valence-corrected chi connectivity index (χ3v) is 2.70. The first-order valence-corrected chi connectivity index (χ1v) is 5.05. The number of carboxylic acid groups (broad SMARTS) is 1. The van der Waals surface area contributed by atoms with Crippen LogP contribution in [0.5, 0.6) is 0 Å². The number of hydrogen-bond acceptors (Lipinski definition) is 5. The van der Waals surface area contributed by atoms with Crippen LogP contribution in [-0.4, -0.2) is 11.1 Å². The van der Waals surface area contributed by atoms with E-state index in [0.29, 0.717) is 16.4 Å². The van der Waals surface area contributed by atoms with E-state index in [1.54, 1.807) is 12.1 Å². The lowest BCUT2D eigenvalue weighted by Gasteiger charge is -2.02. The molecule has 90 valence electrons. The third kappa shape index (κ3) is 1.29. The highest BCUT2D eigenvalue weighted by Crippen LogP contribution is 2.30. The maximum absolute atomic E-state index is 11.5. The summed E-state index contributed by atoms with van der Waals surface area (Å²) in [6.07, 6.45) is 1.45. The van der Waals surface area contributed by atoms with Crippen LogP contribution in [0.1, 0.15) is 10.4 Å². The SMILES string of the molecule is Nc1c2occc2cc2cc(C(=O)O)c(=O)oc12. The van der Waals surface area contributed by atoms with E-state index in [1.165, 1.54) is 12.3 Å². The van der Waals surface area contributed by atoms with Crippen LogP contribution in [0.25, 0.3) is 21.9 Å². The second-order valence-electron chi connectivity index (χ2n) is 3.80. The molecule has 2 heterocycles. The van der Waals surface area contributed by atoms with E-state index in [-0.39, 0.29) is 11.3 Å². The van der Waals surface area contributed by atoms with Crippen molar-refractivity contribution in [3.63, 3.8) is 0 Å². The van der Waals surface area contributed by atoms with Gasteiger partial charge in [-0.05, 0) is 18.2 Å². The van der Waals surface area contributed by atoms with Gasteiger partial charge in [-0.2, -0.15) is 0 Å². The predicted molar refractivity (Wildman–Crippen MR) is 63.6 cm³/mol. The van der Waals surface area contributed by atoms with Crippen LogP contribution in [0.2, 0.25) is 0 Å². The minimum absolute atomic E-state index is 0.132. The zero-order valence-electron chi connectivity index (χ0n) is 8.97. The minimum Gasteiger partial charge on any atom is -0.477 e. The Labute approximate surface area is 99.2 Å². The van der Waals surface area contributed by atoms with E-state index in [1.807, 2.05) is 0 Å². The summed E-state index contributed by atoms with van der Waals surface area (Å²) in [7, 11) is 0. The Bertz CT molecular complexity index is 843. The quantitative estimate of drug-likeness (QED) is 0.500. The molecule has 0 fully saturated rings. The molecule has 0 spiro atoms. The number of carbonyl (C=O) groups is 1. The second kappa shape index (κ2) is 3.36. The van der Waals surface area contributed by atoms with Crippen molar-refractivity contribution in [2.24, 2.45) is 0 Å². The molecule has 0 aliphatic heterocycles. The summed E-state index contributed by atoms with van der Waals surface area (Å²) in [4.78, 5) is 22.3. The Morgan fingerprint density at radius 1 is 1.22 bits per heavy atom. The van der Waals surface area contributed by atoms with Gasteiger partial charge in [0.1, 0.15) is 11.3 Å². The van der Waals surface area contributed by atoms with Crippen LogP contribution in [0.3, 0.4) is 0 Å². The molecule has 0 unspecified atom stereocenters. The first-order valence-electron chi connectivity index (χ1n) is 5.05. The van der Waals surface area contributed by atoms with E-state index < -0.39 is 17.2 Å². The Kier molecular flexibility index (Phi) is 1.94. The molecule has 0 aliphatic carbocycles. The fraction of sp³-hybridized carbons (Fsp3) is 0. The average Bonchev–Trinajstić information content (AvgIpc) is 2.78. The lowest BCUT2D eigenvalue weighted by molar-refractivity contribution is 0.0692. The Balaban J connectivity index is 2.52. The normalized spacial score (nSPS) is 11.1. The molecule has 0 amide bonds. The van der Waals surface area contributed by atoms with Crippen molar-refractivity contribution in [3.8, 4) is 0 Å². The van der Waals surface area contributed by atoms with Gasteiger partial charge in [-0.1, -0.05) is 0 Å². The van der Waals surface area contributed by atoms with Crippen LogP contribution in [0.4, 0.5) is 5.69 Å². The molecule has 0 bridgehead atoms. The van der Waals surface area contributed by atoms with Crippen LogP contribution in [0.15, 0.2) is 38.1 Å². The smallest absolute Gasteiger partial charge is 0.351 e. The van der Waals surface area contributed by atoms with Crippen LogP contribution >= 0.6 is 0 Å². The van der Waals surface area contributed by atoms with E-state index in [2.05, 4.69) is 0 Å². The summed E-state index contributed by atoms with van der Waals surface area (Å²) >= 11 is 0. The van der Waals surface area contributed by atoms with Gasteiger partial charge in [0.25, 0.3) is 0 Å². The Hall–Kier alpha value is -2.76. The van der Waals surface area contributed by atoms with Crippen molar-refractivity contribution in [2.45, 2.75) is 0 Å². The van der Waals surface area contributed by atoms with Gasteiger partial charge in [-0.15, -0.1) is 0 Å². The van der Waals surface area contributed by atoms with Crippen molar-refractivity contribution in [1.29, 1.82) is 0 Å². The average molecular weight is 245 g/mol. The number of furan rings is 1. The van der Waals surface area contributed by atoms with E-state index >= 15 is 0 Å². The van der Waals surface area contributed by atoms with Crippen molar-refractivity contribution < 1.29 is 18.7 Å². The molecular weight excluding hydrogens is 238 g/mol. The molecular formula is C12H7NO5. The molecule has 0 aliphatic rings. The fourth-order valence-electron chi connectivity index (χ4n) is 1.88. The minimum atomic E-state index is -1.34. The lowest BCUT2D eigenvalue weighted by Crippen LogP contribution is -2.13. The van der Waals surface area contributed by atoms with Gasteiger partial charge in [0.05, 0.1) is 6.26 Å². The van der Waals surface area contributed by atoms with Crippen molar-refractivity contribution in [3.05, 3.63) is 40.4 Å². The number of carboxylic acids is 1. The zero-order valence-corrected chi connectivity index (χ0v) is 8.97. The molecule has 0 atom stereocenters. The third-order valence-electron chi connectivity index (χ3n) is 2.70. The number of hydrogen-bond donors (Lipinski definition) is 2. The highest BCUT2D eigenvalue weighted by atomic mass is 16.4. The van der Waals surface area contributed by atoms with Gasteiger partial charge < -0.3 is 19.7 Å². The molecule has 3 N–H and O–H groups in total. The first-order chi connectivity index (χ1) is 8.58. The van der Waals surface area contributed by atoms with Gasteiger partial charge in [-0.25, -0.2) is 9.59 Å². The molecule has 3 aromatic rings. The van der Waals surface area contributed by atoms with E-state index in [9.17, 15) is 9.59 Å². The van der Waals surface area contributed by atoms with Crippen molar-refractivity contribution in [2.75, 3.05) is 5.73 Å². The standard InChI is InChI=1S/C12H7NO5/c13-8-9-5(1-2-17-9)3-6-4-7(11(14)15)12(16)18-10(6)8/h1-4H,13H2,(H,14,15). The van der Waals surface area contributed by atoms with E-state index in [4.69, 9.17) is 19.7 Å². The highest BCUT2D eigenvalue weighted by molar-refractivity contribution is 6.06. The molecule has 0 saturated carbocycles. The molecule has 18 heavy (non-hydrogen) atoms. The van der Waals surface area contributed by atoms with Gasteiger partial charge >= 0.3 is 11.6 Å². The van der Waals surface area contributed by atoms with Crippen LogP contribution in [0, 0.1) is 0 Å². The maximum atomic E-state index is 11.5. The van der Waals surface area contributed by atoms with Crippen LogP contribution in [-0.2, 0) is 0 Å². The monoisotopic (exact) mass is 245 g/mol. The summed E-state index contributed by atoms with van der Waals surface area (Å²) in [5.41, 5.74) is 5.18. The lowest BCUT2D eigenvalue weighted by atomic mass is 10.1. The number of nitrogen functional groups attached to an aromatic ring is 1. The van der Waals surface area contributed by atoms with Gasteiger partial charge in [-0.3, -0.25) is 0 Å². The summed E-state index contributed by atoms with van der Waals surface area (Å²) in [5, 5.41) is 10.0. The molecule has 6 heteroatoms. The summed E-state index contributed by atoms with van der Waals surface area (Å²) in [6.45, 7) is 0. The van der Waals surface area contributed by atoms with Gasteiger partial charge in [0, 0.05) is 10.8 Å². The number of benzene rings is 1. The molecule has 6 nitrogen and oxygen atoms in total. The van der Waals surface area contributed by atoms with Crippen molar-refractivity contribution in [1.82, 2.24) is 0 Å². The molecule has 1 aromatic carbocycles. The van der Waals surface area contributed by atoms with E-state index in [0.717, 1.165) is 0 Å². The summed E-state index contributed by atoms with van der Waals surface area (Å²) in [5.74, 6) is -1.34. The highest BCUT2D eigenvalue weighted by Gasteiger charge is 2.16. The first kappa shape index (κ1) is 10.4. The fourth-order valence-corrected chi connectivity index (χ4v) is 1.88. The van der Waals surface area contributed by atoms with Crippen molar-refractivity contribution >= 4 is 33.6 Å². The molecule has 3 rings (SSSR count).